The van der Waals surface area contributed by atoms with E-state index in [4.69, 9.17) is 4.74 Å². The van der Waals surface area contributed by atoms with Crippen molar-refractivity contribution in [3.8, 4) is 0 Å². The maximum absolute atomic E-state index is 5.91. The van der Waals surface area contributed by atoms with Crippen LogP contribution in [0.25, 0.3) is 0 Å². The Hall–Kier alpha value is -0.900. The average molecular weight is 302 g/mol. The molecule has 1 fully saturated rings. The summed E-state index contributed by atoms with van der Waals surface area (Å²) in [5.74, 6) is 0. The number of hydrogen-bond donors (Lipinski definition) is 0. The predicted octanol–water partition coefficient (Wildman–Crippen LogP) is 5.05. The van der Waals surface area contributed by atoms with E-state index in [2.05, 4.69) is 67.6 Å². The van der Waals surface area contributed by atoms with Gasteiger partial charge in [0.05, 0.1) is 16.1 Å². The van der Waals surface area contributed by atoms with E-state index in [-0.39, 0.29) is 10.9 Å². The Morgan fingerprint density at radius 1 is 0.950 bits per heavy atom. The highest BCUT2D eigenvalue weighted by atomic mass is 33.1. The summed E-state index contributed by atoms with van der Waals surface area (Å²) < 4.78 is 5.89. The summed E-state index contributed by atoms with van der Waals surface area (Å²) in [6, 6.07) is 21.3. The first-order chi connectivity index (χ1) is 9.75. The van der Waals surface area contributed by atoms with E-state index in [9.17, 15) is 0 Å². The number of hydrogen-bond acceptors (Lipinski definition) is 3. The van der Waals surface area contributed by atoms with Gasteiger partial charge in [0.1, 0.15) is 0 Å². The molecule has 3 atom stereocenters. The Bertz CT molecular complexity index is 558. The first kappa shape index (κ1) is 14.1. The lowest BCUT2D eigenvalue weighted by atomic mass is 9.89. The van der Waals surface area contributed by atoms with E-state index in [1.54, 1.807) is 0 Å². The summed E-state index contributed by atoms with van der Waals surface area (Å²) in [5, 5.41) is 0.372. The molecule has 0 aliphatic carbocycles. The van der Waals surface area contributed by atoms with Crippen molar-refractivity contribution >= 4 is 21.6 Å². The van der Waals surface area contributed by atoms with Crippen LogP contribution in [-0.4, -0.2) is 13.2 Å². The second kappa shape index (κ2) is 5.84. The van der Waals surface area contributed by atoms with Gasteiger partial charge < -0.3 is 4.74 Å². The van der Waals surface area contributed by atoms with Crippen LogP contribution in [0.4, 0.5) is 0 Å². The van der Waals surface area contributed by atoms with E-state index in [0.29, 0.717) is 5.25 Å². The van der Waals surface area contributed by atoms with E-state index >= 15 is 0 Å². The highest BCUT2D eigenvalue weighted by Crippen LogP contribution is 2.63. The van der Waals surface area contributed by atoms with Crippen LogP contribution < -0.4 is 0 Å². The van der Waals surface area contributed by atoms with Crippen LogP contribution in [0.15, 0.2) is 60.7 Å². The summed E-state index contributed by atoms with van der Waals surface area (Å²) >= 11 is 0. The summed E-state index contributed by atoms with van der Waals surface area (Å²) in [6.07, 6.45) is 0.169. The largest absolute Gasteiger partial charge is 0.378 e. The van der Waals surface area contributed by atoms with Crippen molar-refractivity contribution in [2.45, 2.75) is 23.0 Å². The second-order valence-electron chi connectivity index (χ2n) is 5.14. The van der Waals surface area contributed by atoms with Gasteiger partial charge in [0.25, 0.3) is 0 Å². The Balaban J connectivity index is 1.96. The average Bonchev–Trinajstić information content (AvgIpc) is 2.87. The number of methoxy groups -OCH3 is 1. The lowest BCUT2D eigenvalue weighted by Crippen LogP contribution is -2.34. The van der Waals surface area contributed by atoms with Gasteiger partial charge in [-0.15, -0.1) is 0 Å². The fourth-order valence-electron chi connectivity index (χ4n) is 2.74. The zero-order chi connectivity index (χ0) is 14.0. The highest BCUT2D eigenvalue weighted by molar-refractivity contribution is 8.77. The molecule has 0 radical (unpaired) electrons. The van der Waals surface area contributed by atoms with Gasteiger partial charge in [-0.3, -0.25) is 0 Å². The summed E-state index contributed by atoms with van der Waals surface area (Å²) in [6.45, 7) is 2.29. The van der Waals surface area contributed by atoms with Crippen molar-refractivity contribution < 1.29 is 4.74 Å². The Labute approximate surface area is 128 Å². The lowest BCUT2D eigenvalue weighted by molar-refractivity contribution is 0.0732. The Kier molecular flexibility index (Phi) is 4.11. The normalized spacial score (nSPS) is 29.5. The van der Waals surface area contributed by atoms with Crippen LogP contribution >= 0.6 is 21.6 Å². The van der Waals surface area contributed by atoms with Gasteiger partial charge in [-0.05, 0) is 18.1 Å². The van der Waals surface area contributed by atoms with Crippen LogP contribution in [0.1, 0.15) is 23.3 Å². The molecular formula is C17H18OS2. The number of ether oxygens (including phenoxy) is 1. The topological polar surface area (TPSA) is 9.23 Å². The van der Waals surface area contributed by atoms with Crippen molar-refractivity contribution in [2.75, 3.05) is 7.11 Å². The van der Waals surface area contributed by atoms with Gasteiger partial charge in [0.15, 0.2) is 0 Å². The molecule has 2 aromatic rings. The van der Waals surface area contributed by atoms with Crippen LogP contribution in [0, 0.1) is 0 Å². The third-order valence-corrected chi connectivity index (χ3v) is 7.46. The Morgan fingerprint density at radius 2 is 1.55 bits per heavy atom. The SMILES string of the molecule is COC1C(c2ccccc2)SSC1(C)c1ccccc1. The molecule has 0 spiro atoms. The summed E-state index contributed by atoms with van der Waals surface area (Å²) in [4.78, 5) is 0. The van der Waals surface area contributed by atoms with Crippen molar-refractivity contribution in [2.24, 2.45) is 0 Å². The molecule has 1 heterocycles. The lowest BCUT2D eigenvalue weighted by Gasteiger charge is -2.31. The van der Waals surface area contributed by atoms with Crippen molar-refractivity contribution in [3.63, 3.8) is 0 Å². The van der Waals surface area contributed by atoms with Gasteiger partial charge in [-0.25, -0.2) is 0 Å². The maximum atomic E-state index is 5.91. The molecule has 1 saturated heterocycles. The minimum absolute atomic E-state index is 0.0127. The van der Waals surface area contributed by atoms with Crippen LogP contribution in [0.3, 0.4) is 0 Å². The fourth-order valence-corrected chi connectivity index (χ4v) is 6.56. The zero-order valence-electron chi connectivity index (χ0n) is 11.7. The molecule has 3 rings (SSSR count). The van der Waals surface area contributed by atoms with Crippen LogP contribution in [0.2, 0.25) is 0 Å². The van der Waals surface area contributed by atoms with Gasteiger partial charge >= 0.3 is 0 Å². The van der Waals surface area contributed by atoms with E-state index < -0.39 is 0 Å². The third-order valence-electron chi connectivity index (χ3n) is 3.87. The molecule has 20 heavy (non-hydrogen) atoms. The molecule has 0 saturated carbocycles. The first-order valence-corrected chi connectivity index (χ1v) is 8.95. The van der Waals surface area contributed by atoms with E-state index in [0.717, 1.165) is 0 Å². The molecule has 0 N–H and O–H groups in total. The zero-order valence-corrected chi connectivity index (χ0v) is 13.3. The second-order valence-corrected chi connectivity index (χ2v) is 7.93. The van der Waals surface area contributed by atoms with E-state index in [1.165, 1.54) is 11.1 Å². The minimum Gasteiger partial charge on any atom is -0.378 e. The minimum atomic E-state index is -0.0127. The van der Waals surface area contributed by atoms with Gasteiger partial charge in [-0.1, -0.05) is 82.3 Å². The maximum Gasteiger partial charge on any atom is 0.0932 e. The molecule has 1 aliphatic rings. The molecule has 1 nitrogen and oxygen atoms in total. The highest BCUT2D eigenvalue weighted by Gasteiger charge is 2.49. The third kappa shape index (κ3) is 2.39. The van der Waals surface area contributed by atoms with Crippen molar-refractivity contribution in [3.05, 3.63) is 71.8 Å². The van der Waals surface area contributed by atoms with E-state index in [1.807, 2.05) is 28.7 Å². The molecule has 3 unspecified atom stereocenters. The predicted molar refractivity (Wildman–Crippen MR) is 89.0 cm³/mol. The number of rotatable bonds is 3. The quantitative estimate of drug-likeness (QED) is 0.734. The standard InChI is InChI=1S/C17H18OS2/c1-17(14-11-7-4-8-12-14)16(18-2)15(19-20-17)13-9-5-3-6-10-13/h3-12,15-16H,1-2H3. The first-order valence-electron chi connectivity index (χ1n) is 6.73. The Morgan fingerprint density at radius 3 is 2.15 bits per heavy atom. The molecular weight excluding hydrogens is 284 g/mol. The molecule has 0 amide bonds. The smallest absolute Gasteiger partial charge is 0.0932 e. The van der Waals surface area contributed by atoms with Gasteiger partial charge in [0.2, 0.25) is 0 Å². The van der Waals surface area contributed by atoms with Gasteiger partial charge in [-0.2, -0.15) is 0 Å². The monoisotopic (exact) mass is 302 g/mol. The molecule has 2 aromatic carbocycles. The number of benzene rings is 2. The van der Waals surface area contributed by atoms with Gasteiger partial charge in [0, 0.05) is 7.11 Å². The molecule has 0 bridgehead atoms. The fraction of sp³-hybridized carbons (Fsp3) is 0.294. The summed E-state index contributed by atoms with van der Waals surface area (Å²) in [5.41, 5.74) is 2.68. The molecule has 1 aliphatic heterocycles. The molecule has 0 aromatic heterocycles. The van der Waals surface area contributed by atoms with Crippen molar-refractivity contribution in [1.82, 2.24) is 0 Å². The summed E-state index contributed by atoms with van der Waals surface area (Å²) in [7, 11) is 5.67. The molecule has 3 heteroatoms. The van der Waals surface area contributed by atoms with Crippen LogP contribution in [-0.2, 0) is 9.48 Å². The van der Waals surface area contributed by atoms with Crippen LogP contribution in [0.5, 0.6) is 0 Å². The van der Waals surface area contributed by atoms with Crippen molar-refractivity contribution in [1.29, 1.82) is 0 Å². The molecule has 104 valence electrons.